The van der Waals surface area contributed by atoms with Crippen LogP contribution in [0.5, 0.6) is 0 Å². The van der Waals surface area contributed by atoms with Crippen LogP contribution in [0.15, 0.2) is 11.7 Å². The van der Waals surface area contributed by atoms with E-state index in [2.05, 4.69) is 4.74 Å². The van der Waals surface area contributed by atoms with Crippen molar-refractivity contribution >= 4 is 5.97 Å². The average molecular weight is 168 g/mol. The third-order valence-electron chi connectivity index (χ3n) is 0.884. The van der Waals surface area contributed by atoms with Crippen molar-refractivity contribution in [2.75, 3.05) is 13.3 Å². The largest absolute Gasteiger partial charge is 0.462 e. The van der Waals surface area contributed by atoms with Gasteiger partial charge in [0.25, 0.3) is 6.08 Å². The van der Waals surface area contributed by atoms with Gasteiger partial charge in [-0.1, -0.05) is 0 Å². The summed E-state index contributed by atoms with van der Waals surface area (Å²) in [7, 11) is 0. The molecule has 0 amide bonds. The van der Waals surface area contributed by atoms with Crippen LogP contribution >= 0.6 is 0 Å². The standard InChI is InChI=1S/C6H7F3O2/c1-2-11-6(10)4(3-7)5(8)9/h2-3H2,1H3. The van der Waals surface area contributed by atoms with Crippen molar-refractivity contribution in [3.8, 4) is 0 Å². The van der Waals surface area contributed by atoms with E-state index in [0.717, 1.165) is 0 Å². The van der Waals surface area contributed by atoms with Crippen molar-refractivity contribution < 1.29 is 22.7 Å². The molecule has 0 spiro atoms. The van der Waals surface area contributed by atoms with Crippen molar-refractivity contribution in [2.24, 2.45) is 0 Å². The number of hydrogen-bond acceptors (Lipinski definition) is 2. The van der Waals surface area contributed by atoms with Gasteiger partial charge < -0.3 is 4.74 Å². The maximum absolute atomic E-state index is 11.6. The van der Waals surface area contributed by atoms with E-state index in [1.165, 1.54) is 6.92 Å². The summed E-state index contributed by atoms with van der Waals surface area (Å²) in [4.78, 5) is 10.4. The first-order valence-corrected chi connectivity index (χ1v) is 2.90. The zero-order valence-corrected chi connectivity index (χ0v) is 5.86. The van der Waals surface area contributed by atoms with Crippen LogP contribution in [0.2, 0.25) is 0 Å². The van der Waals surface area contributed by atoms with Gasteiger partial charge in [-0.05, 0) is 6.92 Å². The minimum Gasteiger partial charge on any atom is -0.462 e. The lowest BCUT2D eigenvalue weighted by molar-refractivity contribution is -0.139. The fourth-order valence-electron chi connectivity index (χ4n) is 0.400. The normalized spacial score (nSPS) is 9.09. The van der Waals surface area contributed by atoms with Crippen LogP contribution in [0.1, 0.15) is 6.92 Å². The Morgan fingerprint density at radius 2 is 2.00 bits per heavy atom. The molecule has 0 aliphatic heterocycles. The summed E-state index contributed by atoms with van der Waals surface area (Å²) in [5.41, 5.74) is -1.20. The van der Waals surface area contributed by atoms with Gasteiger partial charge in [-0.3, -0.25) is 0 Å². The lowest BCUT2D eigenvalue weighted by Gasteiger charge is -2.00. The Hall–Kier alpha value is -1.00. The third-order valence-corrected chi connectivity index (χ3v) is 0.884. The van der Waals surface area contributed by atoms with Crippen LogP contribution in [0.25, 0.3) is 0 Å². The fraction of sp³-hybridized carbons (Fsp3) is 0.500. The van der Waals surface area contributed by atoms with E-state index in [4.69, 9.17) is 0 Å². The molecule has 0 aromatic rings. The second-order valence-corrected chi connectivity index (χ2v) is 1.59. The van der Waals surface area contributed by atoms with E-state index in [-0.39, 0.29) is 6.61 Å². The second kappa shape index (κ2) is 4.76. The van der Waals surface area contributed by atoms with Gasteiger partial charge in [-0.15, -0.1) is 0 Å². The molecule has 0 aliphatic rings. The summed E-state index contributed by atoms with van der Waals surface area (Å²) in [5.74, 6) is -1.30. The molecule has 2 nitrogen and oxygen atoms in total. The highest BCUT2D eigenvalue weighted by Crippen LogP contribution is 2.09. The molecule has 5 heteroatoms. The van der Waals surface area contributed by atoms with Crippen molar-refractivity contribution in [1.29, 1.82) is 0 Å². The number of rotatable bonds is 3. The van der Waals surface area contributed by atoms with Crippen LogP contribution < -0.4 is 0 Å². The molecule has 0 radical (unpaired) electrons. The molecule has 0 aromatic heterocycles. The smallest absolute Gasteiger partial charge is 0.342 e. The lowest BCUT2D eigenvalue weighted by Crippen LogP contribution is -2.09. The number of halogens is 3. The Kier molecular flexibility index (Phi) is 4.33. The number of carbonyl (C=O) groups is 1. The van der Waals surface area contributed by atoms with E-state index in [9.17, 15) is 18.0 Å². The van der Waals surface area contributed by atoms with Gasteiger partial charge in [0.15, 0.2) is 0 Å². The quantitative estimate of drug-likeness (QED) is 0.473. The maximum atomic E-state index is 11.6. The van der Waals surface area contributed by atoms with Crippen LogP contribution in [-0.2, 0) is 9.53 Å². The molecule has 0 bridgehead atoms. The number of hydrogen-bond donors (Lipinski definition) is 0. The van der Waals surface area contributed by atoms with Crippen molar-refractivity contribution in [3.63, 3.8) is 0 Å². The molecule has 0 rings (SSSR count). The molecular weight excluding hydrogens is 161 g/mol. The van der Waals surface area contributed by atoms with Crippen LogP contribution in [0.4, 0.5) is 13.2 Å². The summed E-state index contributed by atoms with van der Waals surface area (Å²) < 4.78 is 39.0. The van der Waals surface area contributed by atoms with Crippen molar-refractivity contribution in [2.45, 2.75) is 6.92 Å². The van der Waals surface area contributed by atoms with Crippen molar-refractivity contribution in [1.82, 2.24) is 0 Å². The lowest BCUT2D eigenvalue weighted by atomic mass is 10.3. The Morgan fingerprint density at radius 1 is 1.45 bits per heavy atom. The summed E-state index contributed by atoms with van der Waals surface area (Å²) in [5, 5.41) is 0. The number of carbonyl (C=O) groups excluding carboxylic acids is 1. The number of esters is 1. The average Bonchev–Trinajstić information content (AvgIpc) is 1.88. The SMILES string of the molecule is CCOC(=O)C(CF)=C(F)F. The van der Waals surface area contributed by atoms with E-state index in [1.54, 1.807) is 0 Å². The number of ether oxygens (including phenoxy) is 1. The first-order chi connectivity index (χ1) is 5.13. The minimum absolute atomic E-state index is 0.0460. The minimum atomic E-state index is -2.33. The highest BCUT2D eigenvalue weighted by molar-refractivity contribution is 5.88. The zero-order valence-electron chi connectivity index (χ0n) is 5.86. The Balaban J connectivity index is 4.28. The predicted molar refractivity (Wildman–Crippen MR) is 31.8 cm³/mol. The fourth-order valence-corrected chi connectivity index (χ4v) is 0.400. The summed E-state index contributed by atoms with van der Waals surface area (Å²) >= 11 is 0. The monoisotopic (exact) mass is 168 g/mol. The maximum Gasteiger partial charge on any atom is 0.342 e. The first kappa shape index (κ1) is 10.0. The van der Waals surface area contributed by atoms with Gasteiger partial charge in [-0.2, -0.15) is 8.78 Å². The molecule has 0 aromatic carbocycles. The molecule has 0 aliphatic carbocycles. The predicted octanol–water partition coefficient (Wildman–Crippen LogP) is 1.67. The van der Waals surface area contributed by atoms with Crippen LogP contribution in [0, 0.1) is 0 Å². The van der Waals surface area contributed by atoms with Gasteiger partial charge in [0.2, 0.25) is 0 Å². The van der Waals surface area contributed by atoms with Gasteiger partial charge in [0.05, 0.1) is 6.61 Å². The first-order valence-electron chi connectivity index (χ1n) is 2.90. The summed E-state index contributed by atoms with van der Waals surface area (Å²) in [6.07, 6.45) is -2.33. The Labute approximate surface area is 61.6 Å². The Bertz CT molecular complexity index is 173. The molecule has 11 heavy (non-hydrogen) atoms. The van der Waals surface area contributed by atoms with Crippen LogP contribution in [0.3, 0.4) is 0 Å². The molecule has 64 valence electrons. The van der Waals surface area contributed by atoms with E-state index in [1.807, 2.05) is 0 Å². The molecular formula is C6H7F3O2. The molecule has 0 heterocycles. The van der Waals surface area contributed by atoms with Gasteiger partial charge >= 0.3 is 5.97 Å². The molecule has 0 fully saturated rings. The van der Waals surface area contributed by atoms with E-state index >= 15 is 0 Å². The second-order valence-electron chi connectivity index (χ2n) is 1.59. The Morgan fingerprint density at radius 3 is 2.27 bits per heavy atom. The van der Waals surface area contributed by atoms with Crippen molar-refractivity contribution in [3.05, 3.63) is 11.7 Å². The van der Waals surface area contributed by atoms with Crippen LogP contribution in [-0.4, -0.2) is 19.3 Å². The van der Waals surface area contributed by atoms with Gasteiger partial charge in [0.1, 0.15) is 12.2 Å². The molecule has 0 saturated carbocycles. The molecule has 0 saturated heterocycles. The molecule has 0 unspecified atom stereocenters. The molecule has 0 N–H and O–H groups in total. The number of alkyl halides is 1. The summed E-state index contributed by atoms with van der Waals surface area (Å²) in [6.45, 7) is -0.0966. The van der Waals surface area contributed by atoms with E-state index < -0.39 is 24.3 Å². The third kappa shape index (κ3) is 3.06. The summed E-state index contributed by atoms with van der Waals surface area (Å²) in [6, 6.07) is 0. The van der Waals surface area contributed by atoms with Gasteiger partial charge in [0, 0.05) is 0 Å². The highest BCUT2D eigenvalue weighted by atomic mass is 19.3. The highest BCUT2D eigenvalue weighted by Gasteiger charge is 2.16. The zero-order chi connectivity index (χ0) is 8.85. The molecule has 0 atom stereocenters. The topological polar surface area (TPSA) is 26.3 Å². The van der Waals surface area contributed by atoms with Gasteiger partial charge in [-0.25, -0.2) is 9.18 Å². The van der Waals surface area contributed by atoms with E-state index in [0.29, 0.717) is 0 Å².